The van der Waals surface area contributed by atoms with Gasteiger partial charge in [-0.05, 0) is 38.0 Å². The molecular weight excluding hydrogens is 434 g/mol. The third-order valence-corrected chi connectivity index (χ3v) is 7.90. The van der Waals surface area contributed by atoms with Crippen molar-refractivity contribution >= 4 is 15.9 Å². The Kier molecular flexibility index (Phi) is 6.24. The highest BCUT2D eigenvalue weighted by molar-refractivity contribution is 7.90. The molecular formula is C21H29N5O5S. The zero-order valence-corrected chi connectivity index (χ0v) is 19.4. The van der Waals surface area contributed by atoms with Gasteiger partial charge in [0.25, 0.3) is 0 Å². The minimum absolute atomic E-state index is 0.0591. The summed E-state index contributed by atoms with van der Waals surface area (Å²) in [6.45, 7) is 5.22. The molecule has 1 amide bonds. The van der Waals surface area contributed by atoms with E-state index in [0.717, 1.165) is 23.4 Å². The number of likely N-dealkylation sites (tertiary alicyclic amines) is 1. The van der Waals surface area contributed by atoms with E-state index < -0.39 is 20.9 Å². The summed E-state index contributed by atoms with van der Waals surface area (Å²) in [6, 6.07) is 7.50. The number of fused-ring (bicyclic) bond motifs is 1. The number of methoxy groups -OCH3 is 1. The average molecular weight is 464 g/mol. The average Bonchev–Trinajstić information content (AvgIpc) is 3.37. The van der Waals surface area contributed by atoms with Gasteiger partial charge >= 0.3 is 0 Å². The van der Waals surface area contributed by atoms with Crippen LogP contribution in [0.1, 0.15) is 37.2 Å². The fourth-order valence-corrected chi connectivity index (χ4v) is 4.67. The topological polar surface area (TPSA) is 116 Å². The molecule has 0 radical (unpaired) electrons. The van der Waals surface area contributed by atoms with Gasteiger partial charge < -0.3 is 14.4 Å². The molecule has 174 valence electrons. The summed E-state index contributed by atoms with van der Waals surface area (Å²) in [4.78, 5) is 14.7. The largest absolute Gasteiger partial charge is 0.497 e. The lowest BCUT2D eigenvalue weighted by Gasteiger charge is -2.34. The lowest BCUT2D eigenvalue weighted by molar-refractivity contribution is -0.132. The van der Waals surface area contributed by atoms with Crippen LogP contribution in [0, 0.1) is 0 Å². The number of benzene rings is 1. The first-order valence-electron chi connectivity index (χ1n) is 10.7. The van der Waals surface area contributed by atoms with E-state index in [1.165, 1.54) is 0 Å². The lowest BCUT2D eigenvalue weighted by Crippen LogP contribution is -2.45. The maximum Gasteiger partial charge on any atom is 0.227 e. The summed E-state index contributed by atoms with van der Waals surface area (Å²) < 4.78 is 39.7. The minimum atomic E-state index is -3.39. The number of carbonyl (C=O) groups is 1. The van der Waals surface area contributed by atoms with E-state index in [1.54, 1.807) is 25.6 Å². The number of amides is 1. The smallest absolute Gasteiger partial charge is 0.227 e. The lowest BCUT2D eigenvalue weighted by atomic mass is 10.0. The van der Waals surface area contributed by atoms with E-state index in [0.29, 0.717) is 31.7 Å². The highest BCUT2D eigenvalue weighted by Crippen LogP contribution is 2.33. The Morgan fingerprint density at radius 2 is 2.03 bits per heavy atom. The van der Waals surface area contributed by atoms with Gasteiger partial charge in [-0.2, -0.15) is 0 Å². The van der Waals surface area contributed by atoms with Crippen molar-refractivity contribution in [1.29, 1.82) is 0 Å². The second-order valence-electron chi connectivity index (χ2n) is 8.62. The Bertz CT molecular complexity index is 1080. The number of carbonyl (C=O) groups excluding carboxylic acids is 1. The number of nitrogens with zero attached hydrogens (tertiary/aromatic N) is 4. The Morgan fingerprint density at radius 1 is 1.28 bits per heavy atom. The fraction of sp³-hybridized carbons (Fsp3) is 0.571. The van der Waals surface area contributed by atoms with E-state index >= 15 is 0 Å². The highest BCUT2D eigenvalue weighted by Gasteiger charge is 2.44. The standard InChI is InChI=1S/C21H29N5O5S/c1-15(2)32(28,29)22-11-18-19-12-31-21(14-26(19)24-23-18)8-9-25(13-21)20(27)10-16-4-6-17(30-3)7-5-16/h4-7,15,22H,8-14H2,1-3H3. The van der Waals surface area contributed by atoms with Crippen LogP contribution in [0.3, 0.4) is 0 Å². The summed E-state index contributed by atoms with van der Waals surface area (Å²) >= 11 is 0. The highest BCUT2D eigenvalue weighted by atomic mass is 32.2. The maximum absolute atomic E-state index is 12.8. The monoisotopic (exact) mass is 463 g/mol. The van der Waals surface area contributed by atoms with Crippen LogP contribution in [0.5, 0.6) is 5.75 Å². The van der Waals surface area contributed by atoms with Crippen molar-refractivity contribution in [1.82, 2.24) is 24.6 Å². The number of hydrogen-bond donors (Lipinski definition) is 1. The van der Waals surface area contributed by atoms with Crippen molar-refractivity contribution < 1.29 is 22.7 Å². The van der Waals surface area contributed by atoms with Crippen LogP contribution in [-0.4, -0.2) is 65.3 Å². The number of hydrogen-bond acceptors (Lipinski definition) is 7. The van der Waals surface area contributed by atoms with Crippen LogP contribution >= 0.6 is 0 Å². The zero-order chi connectivity index (χ0) is 22.9. The summed E-state index contributed by atoms with van der Waals surface area (Å²) in [5, 5.41) is 7.85. The molecule has 0 saturated carbocycles. The van der Waals surface area contributed by atoms with Gasteiger partial charge in [-0.3, -0.25) is 4.79 Å². The van der Waals surface area contributed by atoms with Crippen molar-refractivity contribution in [2.24, 2.45) is 0 Å². The second kappa shape index (κ2) is 8.80. The molecule has 0 bridgehead atoms. The van der Waals surface area contributed by atoms with E-state index in [-0.39, 0.29) is 19.1 Å². The van der Waals surface area contributed by atoms with Crippen LogP contribution in [0.2, 0.25) is 0 Å². The molecule has 1 N–H and O–H groups in total. The van der Waals surface area contributed by atoms with Crippen LogP contribution in [-0.2, 0) is 45.7 Å². The quantitative estimate of drug-likeness (QED) is 0.647. The predicted molar refractivity (Wildman–Crippen MR) is 116 cm³/mol. The van der Waals surface area contributed by atoms with Gasteiger partial charge in [-0.1, -0.05) is 17.3 Å². The van der Waals surface area contributed by atoms with E-state index in [9.17, 15) is 13.2 Å². The second-order valence-corrected chi connectivity index (χ2v) is 10.9. The molecule has 0 aliphatic carbocycles. The third-order valence-electron chi connectivity index (χ3n) is 6.12. The van der Waals surface area contributed by atoms with Crippen molar-refractivity contribution in [2.75, 3.05) is 20.2 Å². The van der Waals surface area contributed by atoms with Gasteiger partial charge in [0.2, 0.25) is 15.9 Å². The number of sulfonamides is 1. The maximum atomic E-state index is 12.8. The predicted octanol–water partition coefficient (Wildman–Crippen LogP) is 0.859. The van der Waals surface area contributed by atoms with Gasteiger partial charge in [-0.15, -0.1) is 5.10 Å². The fourth-order valence-electron chi connectivity index (χ4n) is 4.00. The molecule has 4 rings (SSSR count). The summed E-state index contributed by atoms with van der Waals surface area (Å²) in [5.41, 5.74) is 1.78. The van der Waals surface area contributed by atoms with Crippen LogP contribution in [0.25, 0.3) is 0 Å². The minimum Gasteiger partial charge on any atom is -0.497 e. The summed E-state index contributed by atoms with van der Waals surface area (Å²) in [7, 11) is -1.78. The van der Waals surface area contributed by atoms with E-state index in [4.69, 9.17) is 9.47 Å². The zero-order valence-electron chi connectivity index (χ0n) is 18.6. The first kappa shape index (κ1) is 22.7. The first-order chi connectivity index (χ1) is 15.2. The summed E-state index contributed by atoms with van der Waals surface area (Å²) in [6.07, 6.45) is 1.05. The van der Waals surface area contributed by atoms with Gasteiger partial charge in [0.05, 0.1) is 50.7 Å². The van der Waals surface area contributed by atoms with Crippen LogP contribution in [0.4, 0.5) is 0 Å². The molecule has 1 fully saturated rings. The molecule has 1 aromatic carbocycles. The molecule has 3 heterocycles. The molecule has 1 spiro atoms. The molecule has 1 atom stereocenters. The number of aromatic nitrogens is 3. The van der Waals surface area contributed by atoms with Crippen LogP contribution < -0.4 is 9.46 Å². The Hall–Kier alpha value is -2.50. The van der Waals surface area contributed by atoms with Crippen molar-refractivity contribution in [3.63, 3.8) is 0 Å². The molecule has 10 nitrogen and oxygen atoms in total. The SMILES string of the molecule is COc1ccc(CC(=O)N2CCC3(C2)Cn2nnc(CNS(=O)(=O)C(C)C)c2CO3)cc1. The molecule has 2 aliphatic heterocycles. The Labute approximate surface area is 187 Å². The van der Waals surface area contributed by atoms with Gasteiger partial charge in [0.15, 0.2) is 0 Å². The number of ether oxygens (including phenoxy) is 2. The van der Waals surface area contributed by atoms with Crippen molar-refractivity contribution in [2.45, 2.75) is 57.2 Å². The molecule has 32 heavy (non-hydrogen) atoms. The summed E-state index contributed by atoms with van der Waals surface area (Å²) in [5.74, 6) is 0.820. The van der Waals surface area contributed by atoms with E-state index in [1.807, 2.05) is 29.2 Å². The number of nitrogens with one attached hydrogen (secondary N) is 1. The Morgan fingerprint density at radius 3 is 2.72 bits per heavy atom. The van der Waals surface area contributed by atoms with E-state index in [2.05, 4.69) is 15.0 Å². The van der Waals surface area contributed by atoms with Gasteiger partial charge in [0.1, 0.15) is 17.0 Å². The number of rotatable bonds is 7. The van der Waals surface area contributed by atoms with Crippen molar-refractivity contribution in [3.05, 3.63) is 41.2 Å². The molecule has 2 aromatic rings. The van der Waals surface area contributed by atoms with Gasteiger partial charge in [-0.25, -0.2) is 17.8 Å². The van der Waals surface area contributed by atoms with Crippen molar-refractivity contribution in [3.8, 4) is 5.75 Å². The molecule has 1 unspecified atom stereocenters. The molecule has 11 heteroatoms. The normalized spacial score (nSPS) is 20.7. The molecule has 2 aliphatic rings. The Balaban J connectivity index is 1.37. The molecule has 1 saturated heterocycles. The van der Waals surface area contributed by atoms with Crippen LogP contribution in [0.15, 0.2) is 24.3 Å². The van der Waals surface area contributed by atoms with Gasteiger partial charge in [0, 0.05) is 6.54 Å². The first-order valence-corrected chi connectivity index (χ1v) is 12.2. The molecule has 1 aromatic heterocycles. The third kappa shape index (κ3) is 4.64.